The summed E-state index contributed by atoms with van der Waals surface area (Å²) in [6, 6.07) is 20.0. The minimum absolute atomic E-state index is 0.0672. The van der Waals surface area contributed by atoms with Crippen molar-refractivity contribution < 1.29 is 4.79 Å². The van der Waals surface area contributed by atoms with Gasteiger partial charge >= 0.3 is 0 Å². The first-order valence-corrected chi connectivity index (χ1v) is 6.40. The van der Waals surface area contributed by atoms with Crippen molar-refractivity contribution in [2.45, 2.75) is 0 Å². The molecule has 0 fully saturated rings. The third kappa shape index (κ3) is 2.13. The predicted octanol–water partition coefficient (Wildman–Crippen LogP) is 3.95. The zero-order chi connectivity index (χ0) is 12.4. The van der Waals surface area contributed by atoms with Gasteiger partial charge in [-0.15, -0.1) is 11.3 Å². The van der Waals surface area contributed by atoms with Crippen molar-refractivity contribution in [2.24, 2.45) is 0 Å². The lowest BCUT2D eigenvalue weighted by atomic mass is 10.2. The van der Waals surface area contributed by atoms with Gasteiger partial charge < -0.3 is 5.32 Å². The molecule has 3 rings (SSSR count). The van der Waals surface area contributed by atoms with Gasteiger partial charge in [0.25, 0.3) is 5.91 Å². The standard InChI is InChI=1S/C15H10NOS/c17-15(16-12-7-2-1-3-8-12)14-10-11-6-4-5-9-13(11)18-14/h2-10H,(H,16,17). The molecule has 18 heavy (non-hydrogen) atoms. The highest BCUT2D eigenvalue weighted by atomic mass is 32.1. The number of rotatable bonds is 2. The third-order valence-corrected chi connectivity index (χ3v) is 3.74. The molecule has 1 radical (unpaired) electrons. The highest BCUT2D eigenvalue weighted by molar-refractivity contribution is 7.20. The van der Waals surface area contributed by atoms with Gasteiger partial charge in [0, 0.05) is 10.4 Å². The molecule has 1 aromatic heterocycles. The molecule has 0 spiro atoms. The molecule has 87 valence electrons. The van der Waals surface area contributed by atoms with E-state index in [2.05, 4.69) is 11.4 Å². The number of nitrogens with one attached hydrogen (secondary N) is 1. The quantitative estimate of drug-likeness (QED) is 0.735. The summed E-state index contributed by atoms with van der Waals surface area (Å²) in [5, 5.41) is 3.98. The molecule has 0 unspecified atom stereocenters. The van der Waals surface area contributed by atoms with Crippen LogP contribution in [-0.4, -0.2) is 5.91 Å². The zero-order valence-corrected chi connectivity index (χ0v) is 10.3. The first-order valence-electron chi connectivity index (χ1n) is 5.59. The molecule has 3 heteroatoms. The van der Waals surface area contributed by atoms with Crippen LogP contribution in [0.25, 0.3) is 10.1 Å². The number of thiophene rings is 1. The predicted molar refractivity (Wildman–Crippen MR) is 75.1 cm³/mol. The van der Waals surface area contributed by atoms with Gasteiger partial charge in [0.1, 0.15) is 0 Å². The maximum Gasteiger partial charge on any atom is 0.265 e. The maximum atomic E-state index is 12.1. The van der Waals surface area contributed by atoms with Crippen LogP contribution in [0.2, 0.25) is 0 Å². The Morgan fingerprint density at radius 2 is 1.89 bits per heavy atom. The summed E-state index contributed by atoms with van der Waals surface area (Å²) in [6.45, 7) is 0. The lowest BCUT2D eigenvalue weighted by Crippen LogP contribution is -2.09. The highest BCUT2D eigenvalue weighted by Gasteiger charge is 2.09. The number of hydrogen-bond donors (Lipinski definition) is 1. The van der Waals surface area contributed by atoms with Crippen LogP contribution >= 0.6 is 11.3 Å². The molecular weight excluding hydrogens is 242 g/mol. The topological polar surface area (TPSA) is 29.1 Å². The van der Waals surface area contributed by atoms with Crippen LogP contribution in [0, 0.1) is 6.07 Å². The van der Waals surface area contributed by atoms with Gasteiger partial charge in [0.15, 0.2) is 0 Å². The Hall–Kier alpha value is -2.13. The molecule has 1 N–H and O–H groups in total. The van der Waals surface area contributed by atoms with Gasteiger partial charge in [0.05, 0.1) is 4.88 Å². The number of anilines is 1. The average molecular weight is 252 g/mol. The monoisotopic (exact) mass is 252 g/mol. The van der Waals surface area contributed by atoms with Crippen LogP contribution in [-0.2, 0) is 0 Å². The third-order valence-electron chi connectivity index (χ3n) is 2.63. The van der Waals surface area contributed by atoms with Gasteiger partial charge in [-0.2, -0.15) is 0 Å². The average Bonchev–Trinajstić information content (AvgIpc) is 2.84. The SMILES string of the molecule is O=C(Nc1cc[c]cc1)c1cc2ccccc2s1. The van der Waals surface area contributed by atoms with E-state index < -0.39 is 0 Å². The maximum absolute atomic E-state index is 12.1. The van der Waals surface area contributed by atoms with Crippen LogP contribution in [0.3, 0.4) is 0 Å². The second-order valence-electron chi connectivity index (χ2n) is 3.89. The summed E-state index contributed by atoms with van der Waals surface area (Å²) in [7, 11) is 0. The highest BCUT2D eigenvalue weighted by Crippen LogP contribution is 2.25. The fourth-order valence-electron chi connectivity index (χ4n) is 1.76. The second kappa shape index (κ2) is 4.63. The van der Waals surface area contributed by atoms with E-state index in [9.17, 15) is 4.79 Å². The summed E-state index contributed by atoms with van der Waals surface area (Å²) in [4.78, 5) is 12.8. The molecular formula is C15H10NOS. The van der Waals surface area contributed by atoms with Crippen LogP contribution in [0.1, 0.15) is 9.67 Å². The lowest BCUT2D eigenvalue weighted by molar-refractivity contribution is 0.103. The molecule has 2 nitrogen and oxygen atoms in total. The van der Waals surface area contributed by atoms with Crippen molar-refractivity contribution in [3.63, 3.8) is 0 Å². The summed E-state index contributed by atoms with van der Waals surface area (Å²) in [6.07, 6.45) is 0. The summed E-state index contributed by atoms with van der Waals surface area (Å²) in [5.74, 6) is -0.0672. The number of carbonyl (C=O) groups excluding carboxylic acids is 1. The number of fused-ring (bicyclic) bond motifs is 1. The molecule has 0 atom stereocenters. The molecule has 3 aromatic rings. The molecule has 1 amide bonds. The summed E-state index contributed by atoms with van der Waals surface area (Å²) >= 11 is 1.50. The molecule has 0 aliphatic heterocycles. The number of benzene rings is 2. The van der Waals surface area contributed by atoms with Crippen molar-refractivity contribution >= 4 is 33.0 Å². The number of amides is 1. The molecule has 0 aliphatic rings. The largest absolute Gasteiger partial charge is 0.321 e. The first-order chi connectivity index (χ1) is 8.83. The molecule has 0 aliphatic carbocycles. The smallest absolute Gasteiger partial charge is 0.265 e. The fourth-order valence-corrected chi connectivity index (χ4v) is 2.71. The summed E-state index contributed by atoms with van der Waals surface area (Å²) < 4.78 is 1.13. The Morgan fingerprint density at radius 1 is 1.11 bits per heavy atom. The van der Waals surface area contributed by atoms with Crippen molar-refractivity contribution in [1.29, 1.82) is 0 Å². The van der Waals surface area contributed by atoms with Crippen molar-refractivity contribution in [2.75, 3.05) is 5.32 Å². The van der Waals surface area contributed by atoms with Gasteiger partial charge in [0.2, 0.25) is 0 Å². The minimum Gasteiger partial charge on any atom is -0.321 e. The zero-order valence-electron chi connectivity index (χ0n) is 9.51. The van der Waals surface area contributed by atoms with Crippen LogP contribution in [0.15, 0.2) is 54.6 Å². The Kier molecular flexibility index (Phi) is 2.82. The van der Waals surface area contributed by atoms with Crippen molar-refractivity contribution in [3.05, 3.63) is 65.5 Å². The van der Waals surface area contributed by atoms with E-state index >= 15 is 0 Å². The van der Waals surface area contributed by atoms with Gasteiger partial charge in [-0.3, -0.25) is 4.79 Å². The van der Waals surface area contributed by atoms with Crippen molar-refractivity contribution in [1.82, 2.24) is 0 Å². The normalized spacial score (nSPS) is 10.4. The van der Waals surface area contributed by atoms with Crippen molar-refractivity contribution in [3.8, 4) is 0 Å². The molecule has 0 saturated carbocycles. The van der Waals surface area contributed by atoms with Gasteiger partial charge in [-0.25, -0.2) is 0 Å². The van der Waals surface area contributed by atoms with Crippen LogP contribution < -0.4 is 5.32 Å². The lowest BCUT2D eigenvalue weighted by Gasteiger charge is -2.01. The first kappa shape index (κ1) is 11.0. The van der Waals surface area contributed by atoms with E-state index in [1.165, 1.54) is 11.3 Å². The minimum atomic E-state index is -0.0672. The van der Waals surface area contributed by atoms with E-state index in [0.29, 0.717) is 0 Å². The van der Waals surface area contributed by atoms with E-state index in [-0.39, 0.29) is 5.91 Å². The fraction of sp³-hybridized carbons (Fsp3) is 0. The number of carbonyl (C=O) groups is 1. The van der Waals surface area contributed by atoms with E-state index in [0.717, 1.165) is 20.7 Å². The molecule has 2 aromatic carbocycles. The second-order valence-corrected chi connectivity index (χ2v) is 4.98. The Balaban J connectivity index is 1.88. The van der Waals surface area contributed by atoms with Crippen LogP contribution in [0.4, 0.5) is 5.69 Å². The molecule has 1 heterocycles. The van der Waals surface area contributed by atoms with Gasteiger partial charge in [-0.05, 0) is 35.7 Å². The van der Waals surface area contributed by atoms with Gasteiger partial charge in [-0.1, -0.05) is 30.3 Å². The van der Waals surface area contributed by atoms with E-state index in [4.69, 9.17) is 0 Å². The molecule has 0 bridgehead atoms. The Morgan fingerprint density at radius 3 is 2.67 bits per heavy atom. The summed E-state index contributed by atoms with van der Waals surface area (Å²) in [5.41, 5.74) is 0.788. The molecule has 0 saturated heterocycles. The Labute approximate surface area is 109 Å². The van der Waals surface area contributed by atoms with E-state index in [1.807, 2.05) is 42.5 Å². The van der Waals surface area contributed by atoms with E-state index in [1.54, 1.807) is 12.1 Å². The number of hydrogen-bond acceptors (Lipinski definition) is 2. The Bertz CT molecular complexity index is 655. The van der Waals surface area contributed by atoms with Crippen LogP contribution in [0.5, 0.6) is 0 Å².